The normalized spacial score (nSPS) is 12.7. The lowest BCUT2D eigenvalue weighted by Gasteiger charge is -2.13. The quantitative estimate of drug-likeness (QED) is 0.739. The Hall–Kier alpha value is -2.63. The highest BCUT2D eigenvalue weighted by Crippen LogP contribution is 2.21. The lowest BCUT2D eigenvalue weighted by atomic mass is 10.1. The number of aromatic nitrogens is 4. The number of hydrogen-bond donors (Lipinski definition) is 2. The highest BCUT2D eigenvalue weighted by Gasteiger charge is 2.18. The molecule has 1 unspecified atom stereocenters. The predicted molar refractivity (Wildman–Crippen MR) is 77.6 cm³/mol. The second-order valence-corrected chi connectivity index (χ2v) is 4.74. The van der Waals surface area contributed by atoms with E-state index in [2.05, 4.69) is 15.0 Å². The van der Waals surface area contributed by atoms with Gasteiger partial charge >= 0.3 is 5.69 Å². The van der Waals surface area contributed by atoms with E-state index in [1.165, 1.54) is 0 Å². The van der Waals surface area contributed by atoms with Crippen LogP contribution in [0, 0.1) is 6.92 Å². The molecule has 6 nitrogen and oxygen atoms in total. The summed E-state index contributed by atoms with van der Waals surface area (Å²) in [6.07, 6.45) is 0. The van der Waals surface area contributed by atoms with Gasteiger partial charge in [0, 0.05) is 0 Å². The van der Waals surface area contributed by atoms with E-state index in [-0.39, 0.29) is 11.7 Å². The largest absolute Gasteiger partial charge is 0.382 e. The third-order valence-corrected chi connectivity index (χ3v) is 3.38. The molecule has 0 spiro atoms. The van der Waals surface area contributed by atoms with Crippen LogP contribution < -0.4 is 11.4 Å². The lowest BCUT2D eigenvalue weighted by molar-refractivity contribution is 0.629. The first-order valence-electron chi connectivity index (χ1n) is 6.37. The standard InChI is InChI=1S/C14H15N5O/c1-8(10-6-4-3-5-7-10)19-13-11(18-14(19)20)12(15)16-9(2)17-13/h3-8H,1-2H3,(H,18,20)(H2,15,16,17). The molecule has 0 aliphatic rings. The molecule has 3 rings (SSSR count). The maximum absolute atomic E-state index is 12.2. The van der Waals surface area contributed by atoms with Crippen molar-refractivity contribution in [3.05, 3.63) is 52.2 Å². The second kappa shape index (κ2) is 4.48. The van der Waals surface area contributed by atoms with Crippen LogP contribution in [0.15, 0.2) is 35.1 Å². The van der Waals surface area contributed by atoms with Crippen LogP contribution in [0.25, 0.3) is 11.2 Å². The molecule has 0 saturated carbocycles. The molecule has 2 aromatic heterocycles. The summed E-state index contributed by atoms with van der Waals surface area (Å²) in [7, 11) is 0. The van der Waals surface area contributed by atoms with Gasteiger partial charge in [-0.1, -0.05) is 30.3 Å². The molecule has 6 heteroatoms. The minimum Gasteiger partial charge on any atom is -0.382 e. The zero-order valence-electron chi connectivity index (χ0n) is 11.3. The molecule has 3 aromatic rings. The summed E-state index contributed by atoms with van der Waals surface area (Å²) in [5.41, 5.74) is 7.67. The van der Waals surface area contributed by atoms with Crippen LogP contribution in [0.1, 0.15) is 24.4 Å². The molecular formula is C14H15N5O. The number of nitrogens with zero attached hydrogens (tertiary/aromatic N) is 3. The second-order valence-electron chi connectivity index (χ2n) is 4.74. The van der Waals surface area contributed by atoms with Crippen molar-refractivity contribution in [3.63, 3.8) is 0 Å². The van der Waals surface area contributed by atoms with Crippen molar-refractivity contribution in [1.82, 2.24) is 19.5 Å². The van der Waals surface area contributed by atoms with Gasteiger partial charge in [0.05, 0.1) is 6.04 Å². The molecule has 0 bridgehead atoms. The summed E-state index contributed by atoms with van der Waals surface area (Å²) in [5, 5.41) is 0. The van der Waals surface area contributed by atoms with Gasteiger partial charge in [0.15, 0.2) is 11.5 Å². The number of nitrogens with two attached hydrogens (primary N) is 1. The topological polar surface area (TPSA) is 89.6 Å². The van der Waals surface area contributed by atoms with Crippen LogP contribution in [0.3, 0.4) is 0 Å². The molecule has 2 heterocycles. The van der Waals surface area contributed by atoms with Gasteiger partial charge in [-0.15, -0.1) is 0 Å². The highest BCUT2D eigenvalue weighted by atomic mass is 16.1. The van der Waals surface area contributed by atoms with Gasteiger partial charge in [0.25, 0.3) is 0 Å². The number of aromatic amines is 1. The van der Waals surface area contributed by atoms with Gasteiger partial charge in [0.1, 0.15) is 11.3 Å². The van der Waals surface area contributed by atoms with Crippen LogP contribution >= 0.6 is 0 Å². The first kappa shape index (κ1) is 12.4. The number of imidazole rings is 1. The maximum atomic E-state index is 12.2. The number of anilines is 1. The molecule has 0 saturated heterocycles. The number of rotatable bonds is 2. The molecule has 0 aliphatic heterocycles. The fourth-order valence-electron chi connectivity index (χ4n) is 2.38. The molecule has 0 radical (unpaired) electrons. The number of aryl methyl sites for hydroxylation is 1. The van der Waals surface area contributed by atoms with Crippen LogP contribution in [-0.2, 0) is 0 Å². The van der Waals surface area contributed by atoms with Gasteiger partial charge < -0.3 is 10.7 Å². The Morgan fingerprint density at radius 2 is 1.95 bits per heavy atom. The molecular weight excluding hydrogens is 254 g/mol. The summed E-state index contributed by atoms with van der Waals surface area (Å²) < 4.78 is 1.61. The molecule has 20 heavy (non-hydrogen) atoms. The van der Waals surface area contributed by atoms with Gasteiger partial charge in [-0.05, 0) is 19.4 Å². The zero-order valence-corrected chi connectivity index (χ0v) is 11.3. The fourth-order valence-corrected chi connectivity index (χ4v) is 2.38. The minimum absolute atomic E-state index is 0.133. The maximum Gasteiger partial charge on any atom is 0.328 e. The fraction of sp³-hybridized carbons (Fsp3) is 0.214. The van der Waals surface area contributed by atoms with E-state index >= 15 is 0 Å². The highest BCUT2D eigenvalue weighted by molar-refractivity contribution is 5.81. The summed E-state index contributed by atoms with van der Waals surface area (Å²) in [6.45, 7) is 3.71. The van der Waals surface area contributed by atoms with Crippen molar-refractivity contribution in [2.45, 2.75) is 19.9 Å². The molecule has 0 aliphatic carbocycles. The van der Waals surface area contributed by atoms with Gasteiger partial charge in [0.2, 0.25) is 0 Å². The first-order valence-corrected chi connectivity index (χ1v) is 6.37. The number of benzene rings is 1. The smallest absolute Gasteiger partial charge is 0.328 e. The average Bonchev–Trinajstić information content (AvgIpc) is 2.76. The van der Waals surface area contributed by atoms with E-state index in [1.54, 1.807) is 11.5 Å². The number of nitrogen functional groups attached to an aromatic ring is 1. The first-order chi connectivity index (χ1) is 9.58. The van der Waals surface area contributed by atoms with Crippen molar-refractivity contribution < 1.29 is 0 Å². The number of H-pyrrole nitrogens is 1. The van der Waals surface area contributed by atoms with Crippen LogP contribution in [0.2, 0.25) is 0 Å². The van der Waals surface area contributed by atoms with Crippen molar-refractivity contribution in [1.29, 1.82) is 0 Å². The summed E-state index contributed by atoms with van der Waals surface area (Å²) in [6, 6.07) is 9.66. The number of nitrogens with one attached hydrogen (secondary N) is 1. The summed E-state index contributed by atoms with van der Waals surface area (Å²) >= 11 is 0. The Kier molecular flexibility index (Phi) is 2.78. The van der Waals surface area contributed by atoms with Gasteiger partial charge in [-0.25, -0.2) is 14.8 Å². The molecule has 102 valence electrons. The van der Waals surface area contributed by atoms with E-state index in [0.29, 0.717) is 22.8 Å². The van der Waals surface area contributed by atoms with Crippen molar-refractivity contribution in [3.8, 4) is 0 Å². The van der Waals surface area contributed by atoms with E-state index in [4.69, 9.17) is 5.73 Å². The number of fused-ring (bicyclic) bond motifs is 1. The van der Waals surface area contributed by atoms with Crippen molar-refractivity contribution in [2.24, 2.45) is 0 Å². The van der Waals surface area contributed by atoms with E-state index < -0.39 is 0 Å². The molecule has 3 N–H and O–H groups in total. The Morgan fingerprint density at radius 1 is 1.25 bits per heavy atom. The number of hydrogen-bond acceptors (Lipinski definition) is 4. The van der Waals surface area contributed by atoms with Gasteiger partial charge in [-0.2, -0.15) is 0 Å². The Balaban J connectivity index is 2.26. The average molecular weight is 269 g/mol. The zero-order chi connectivity index (χ0) is 14.3. The minimum atomic E-state index is -0.233. The molecule has 1 atom stereocenters. The van der Waals surface area contributed by atoms with Crippen molar-refractivity contribution >= 4 is 17.0 Å². The Labute approximate surface area is 115 Å². The molecule has 1 aromatic carbocycles. The van der Waals surface area contributed by atoms with E-state index in [9.17, 15) is 4.79 Å². The third-order valence-electron chi connectivity index (χ3n) is 3.38. The Morgan fingerprint density at radius 3 is 2.65 bits per heavy atom. The van der Waals surface area contributed by atoms with Gasteiger partial charge in [-0.3, -0.25) is 4.57 Å². The lowest BCUT2D eigenvalue weighted by Crippen LogP contribution is -2.21. The Bertz CT molecular complexity index is 819. The molecule has 0 fully saturated rings. The predicted octanol–water partition coefficient (Wildman–Crippen LogP) is 1.62. The van der Waals surface area contributed by atoms with Crippen LogP contribution in [-0.4, -0.2) is 19.5 Å². The summed E-state index contributed by atoms with van der Waals surface area (Å²) in [4.78, 5) is 23.3. The summed E-state index contributed by atoms with van der Waals surface area (Å²) in [5.74, 6) is 0.839. The van der Waals surface area contributed by atoms with Crippen molar-refractivity contribution in [2.75, 3.05) is 5.73 Å². The SMILES string of the molecule is Cc1nc(N)c2[nH]c(=O)n(C(C)c3ccccc3)c2n1. The molecule has 0 amide bonds. The van der Waals surface area contributed by atoms with Crippen LogP contribution in [0.4, 0.5) is 5.82 Å². The van der Waals surface area contributed by atoms with E-state index in [1.807, 2.05) is 37.3 Å². The van der Waals surface area contributed by atoms with Crippen LogP contribution in [0.5, 0.6) is 0 Å². The monoisotopic (exact) mass is 269 g/mol. The third kappa shape index (κ3) is 1.85. The van der Waals surface area contributed by atoms with E-state index in [0.717, 1.165) is 5.56 Å².